The minimum absolute atomic E-state index is 0.242. The Kier molecular flexibility index (Phi) is 4.40. The summed E-state index contributed by atoms with van der Waals surface area (Å²) in [6, 6.07) is 0. The van der Waals surface area contributed by atoms with Crippen LogP contribution >= 0.6 is 0 Å². The van der Waals surface area contributed by atoms with Gasteiger partial charge in [0.05, 0.1) is 6.61 Å². The van der Waals surface area contributed by atoms with E-state index in [4.69, 9.17) is 4.84 Å². The molecular weight excluding hydrogens is 162 g/mol. The van der Waals surface area contributed by atoms with Crippen LogP contribution in [-0.4, -0.2) is 25.3 Å². The molecule has 0 atom stereocenters. The van der Waals surface area contributed by atoms with E-state index in [1.807, 2.05) is 12.1 Å². The van der Waals surface area contributed by atoms with E-state index in [0.29, 0.717) is 5.41 Å². The summed E-state index contributed by atoms with van der Waals surface area (Å²) in [5, 5.41) is 1.94. The lowest BCUT2D eigenvalue weighted by Crippen LogP contribution is -2.32. The van der Waals surface area contributed by atoms with Crippen LogP contribution in [0.5, 0.6) is 0 Å². The average Bonchev–Trinajstić information content (AvgIpc) is 1.78. The zero-order chi connectivity index (χ0) is 10.7. The van der Waals surface area contributed by atoms with Gasteiger partial charge in [-0.2, -0.15) is 5.06 Å². The van der Waals surface area contributed by atoms with Crippen molar-refractivity contribution in [1.29, 1.82) is 0 Å². The molecule has 0 aromatic carbocycles. The molecule has 0 aromatic heterocycles. The molecule has 0 fully saturated rings. The summed E-state index contributed by atoms with van der Waals surface area (Å²) in [6.45, 7) is 14.9. The minimum Gasteiger partial charge on any atom is -0.299 e. The van der Waals surface area contributed by atoms with Crippen LogP contribution in [0.1, 0.15) is 41.5 Å². The minimum atomic E-state index is 0.242. The third-order valence-electron chi connectivity index (χ3n) is 1.41. The first-order valence-corrected chi connectivity index (χ1v) is 4.94. The zero-order valence-electron chi connectivity index (χ0n) is 10.3. The van der Waals surface area contributed by atoms with E-state index >= 15 is 0 Å². The molecule has 0 unspecified atom stereocenters. The SMILES string of the molecule is CN(CC(C)(C)C)OCC(C)(C)C. The van der Waals surface area contributed by atoms with Gasteiger partial charge < -0.3 is 0 Å². The molecule has 0 saturated carbocycles. The van der Waals surface area contributed by atoms with Crippen molar-refractivity contribution in [3.63, 3.8) is 0 Å². The lowest BCUT2D eigenvalue weighted by Gasteiger charge is -2.28. The van der Waals surface area contributed by atoms with E-state index in [1.54, 1.807) is 0 Å². The molecule has 2 nitrogen and oxygen atoms in total. The normalized spacial score (nSPS) is 13.8. The van der Waals surface area contributed by atoms with Crippen LogP contribution in [-0.2, 0) is 4.84 Å². The molecule has 0 rings (SSSR count). The highest BCUT2D eigenvalue weighted by molar-refractivity contribution is 4.63. The lowest BCUT2D eigenvalue weighted by atomic mass is 9.97. The second-order valence-corrected chi connectivity index (χ2v) is 6.18. The van der Waals surface area contributed by atoms with E-state index in [2.05, 4.69) is 41.5 Å². The van der Waals surface area contributed by atoms with E-state index in [-0.39, 0.29) is 5.41 Å². The molecule has 13 heavy (non-hydrogen) atoms. The fourth-order valence-corrected chi connectivity index (χ4v) is 1.02. The maximum atomic E-state index is 5.62. The van der Waals surface area contributed by atoms with Gasteiger partial charge in [0.25, 0.3) is 0 Å². The van der Waals surface area contributed by atoms with Crippen molar-refractivity contribution in [2.24, 2.45) is 10.8 Å². The Hall–Kier alpha value is -0.0800. The highest BCUT2D eigenvalue weighted by atomic mass is 16.7. The Bertz CT molecular complexity index is 141. The van der Waals surface area contributed by atoms with Crippen LogP contribution in [0.2, 0.25) is 0 Å². The second-order valence-electron chi connectivity index (χ2n) is 6.18. The molecule has 0 heterocycles. The summed E-state index contributed by atoms with van der Waals surface area (Å²) in [6.07, 6.45) is 0. The van der Waals surface area contributed by atoms with Crippen molar-refractivity contribution in [2.75, 3.05) is 20.2 Å². The summed E-state index contributed by atoms with van der Waals surface area (Å²) in [7, 11) is 2.00. The van der Waals surface area contributed by atoms with E-state index < -0.39 is 0 Å². The van der Waals surface area contributed by atoms with Gasteiger partial charge in [-0.3, -0.25) is 4.84 Å². The van der Waals surface area contributed by atoms with Gasteiger partial charge in [0.1, 0.15) is 0 Å². The Morgan fingerprint density at radius 2 is 1.38 bits per heavy atom. The number of rotatable bonds is 3. The van der Waals surface area contributed by atoms with Crippen molar-refractivity contribution in [1.82, 2.24) is 5.06 Å². The monoisotopic (exact) mass is 187 g/mol. The Morgan fingerprint density at radius 3 is 1.69 bits per heavy atom. The first-order chi connectivity index (χ1) is 5.60. The molecule has 0 aliphatic carbocycles. The van der Waals surface area contributed by atoms with Crippen molar-refractivity contribution in [2.45, 2.75) is 41.5 Å². The number of nitrogens with zero attached hydrogens (tertiary/aromatic N) is 1. The van der Waals surface area contributed by atoms with Crippen LogP contribution < -0.4 is 0 Å². The van der Waals surface area contributed by atoms with E-state index in [9.17, 15) is 0 Å². The molecule has 0 N–H and O–H groups in total. The van der Waals surface area contributed by atoms with Gasteiger partial charge >= 0.3 is 0 Å². The maximum absolute atomic E-state index is 5.62. The molecule has 0 saturated heterocycles. The third-order valence-corrected chi connectivity index (χ3v) is 1.41. The molecule has 0 aliphatic heterocycles. The van der Waals surface area contributed by atoms with E-state index in [0.717, 1.165) is 13.2 Å². The van der Waals surface area contributed by atoms with Gasteiger partial charge in [0, 0.05) is 13.6 Å². The van der Waals surface area contributed by atoms with Gasteiger partial charge in [-0.25, -0.2) is 0 Å². The summed E-state index contributed by atoms with van der Waals surface area (Å²) in [5.74, 6) is 0. The lowest BCUT2D eigenvalue weighted by molar-refractivity contribution is -0.173. The van der Waals surface area contributed by atoms with Crippen molar-refractivity contribution in [3.8, 4) is 0 Å². The molecule has 0 aromatic rings. The van der Waals surface area contributed by atoms with Crippen molar-refractivity contribution in [3.05, 3.63) is 0 Å². The first-order valence-electron chi connectivity index (χ1n) is 4.94. The van der Waals surface area contributed by atoms with Crippen LogP contribution in [0.4, 0.5) is 0 Å². The Labute approximate surface area is 83.2 Å². The predicted molar refractivity (Wildman–Crippen MR) is 57.5 cm³/mol. The third kappa shape index (κ3) is 9.84. The number of hydrogen-bond acceptors (Lipinski definition) is 2. The molecular formula is C11H25NO. The van der Waals surface area contributed by atoms with Crippen LogP contribution in [0.15, 0.2) is 0 Å². The highest BCUT2D eigenvalue weighted by Gasteiger charge is 2.16. The van der Waals surface area contributed by atoms with E-state index in [1.165, 1.54) is 0 Å². The summed E-state index contributed by atoms with van der Waals surface area (Å²) >= 11 is 0. The fraction of sp³-hybridized carbons (Fsp3) is 1.00. The summed E-state index contributed by atoms with van der Waals surface area (Å²) < 4.78 is 0. The van der Waals surface area contributed by atoms with Crippen LogP contribution in [0.25, 0.3) is 0 Å². The summed E-state index contributed by atoms with van der Waals surface area (Å²) in [4.78, 5) is 5.62. The number of hydroxylamine groups is 2. The summed E-state index contributed by atoms with van der Waals surface area (Å²) in [5.41, 5.74) is 0.540. The molecule has 0 aliphatic rings. The van der Waals surface area contributed by atoms with Crippen molar-refractivity contribution < 1.29 is 4.84 Å². The average molecular weight is 187 g/mol. The van der Waals surface area contributed by atoms with Gasteiger partial charge in [-0.05, 0) is 10.8 Å². The highest BCUT2D eigenvalue weighted by Crippen LogP contribution is 2.17. The van der Waals surface area contributed by atoms with Crippen LogP contribution in [0.3, 0.4) is 0 Å². The standard InChI is InChI=1S/C11H25NO/c1-10(2,3)8-12(7)13-9-11(4,5)6/h8-9H2,1-7H3. The molecule has 2 heteroatoms. The fourth-order valence-electron chi connectivity index (χ4n) is 1.02. The second kappa shape index (κ2) is 4.43. The van der Waals surface area contributed by atoms with Gasteiger partial charge in [0.2, 0.25) is 0 Å². The van der Waals surface area contributed by atoms with Gasteiger partial charge in [-0.15, -0.1) is 0 Å². The molecule has 80 valence electrons. The topological polar surface area (TPSA) is 12.5 Å². The smallest absolute Gasteiger partial charge is 0.0733 e. The molecule has 0 amide bonds. The van der Waals surface area contributed by atoms with Crippen molar-refractivity contribution >= 4 is 0 Å². The molecule has 0 bridgehead atoms. The van der Waals surface area contributed by atoms with Gasteiger partial charge in [-0.1, -0.05) is 41.5 Å². The Morgan fingerprint density at radius 1 is 0.923 bits per heavy atom. The number of hydrogen-bond donors (Lipinski definition) is 0. The van der Waals surface area contributed by atoms with Crippen LogP contribution in [0, 0.1) is 10.8 Å². The van der Waals surface area contributed by atoms with Gasteiger partial charge in [0.15, 0.2) is 0 Å². The largest absolute Gasteiger partial charge is 0.299 e. The molecule has 0 spiro atoms. The zero-order valence-corrected chi connectivity index (χ0v) is 10.3. The molecule has 0 radical (unpaired) electrons. The first kappa shape index (κ1) is 12.9. The quantitative estimate of drug-likeness (QED) is 0.630. The Balaban J connectivity index is 3.70. The predicted octanol–water partition coefficient (Wildman–Crippen LogP) is 2.94. The maximum Gasteiger partial charge on any atom is 0.0733 e.